The van der Waals surface area contributed by atoms with Crippen LogP contribution in [0.4, 0.5) is 5.82 Å². The summed E-state index contributed by atoms with van der Waals surface area (Å²) in [6, 6.07) is 0. The molecule has 0 amide bonds. The molecular weight excluding hydrogens is 547 g/mol. The number of hydrogen-bond donors (Lipinski definition) is 5. The number of nitrogens with zero attached hydrogens (tertiary/aromatic N) is 6. The number of hydrogen-bond acceptors (Lipinski definition) is 12. The SMILES string of the molecule is CC1CC(COP(=O)(O)OP(=O)(O)OP(=O)(O)O)OC1n1cc(-c2cn(C)nn2)c2c(N)ncnc21. The lowest BCUT2D eigenvalue weighted by molar-refractivity contribution is -0.0287. The number of anilines is 1. The summed E-state index contributed by atoms with van der Waals surface area (Å²) < 4.78 is 55.6. The summed E-state index contributed by atoms with van der Waals surface area (Å²) in [5.41, 5.74) is 7.70. The van der Waals surface area contributed by atoms with E-state index < -0.39 is 42.4 Å². The molecule has 5 atom stereocenters. The zero-order valence-corrected chi connectivity index (χ0v) is 21.3. The van der Waals surface area contributed by atoms with E-state index in [-0.39, 0.29) is 11.7 Å². The number of nitrogens with two attached hydrogens (primary N) is 1. The average molecular weight is 569 g/mol. The first-order valence-corrected chi connectivity index (χ1v) is 14.6. The molecule has 21 heteroatoms. The highest BCUT2D eigenvalue weighted by Crippen LogP contribution is 2.66. The molecule has 1 fully saturated rings. The molecule has 5 unspecified atom stereocenters. The highest BCUT2D eigenvalue weighted by atomic mass is 31.3. The second-order valence-corrected chi connectivity index (χ2v) is 12.4. The van der Waals surface area contributed by atoms with Gasteiger partial charge in [-0.1, -0.05) is 12.1 Å². The van der Waals surface area contributed by atoms with Gasteiger partial charge in [-0.3, -0.25) is 9.21 Å². The van der Waals surface area contributed by atoms with Crippen LogP contribution in [0.2, 0.25) is 0 Å². The predicted octanol–water partition coefficient (Wildman–Crippen LogP) is 1.08. The second kappa shape index (κ2) is 9.67. The number of fused-ring (bicyclic) bond motifs is 1. The fourth-order valence-corrected chi connectivity index (χ4v) is 6.86. The van der Waals surface area contributed by atoms with Gasteiger partial charge in [0.2, 0.25) is 0 Å². The van der Waals surface area contributed by atoms with Gasteiger partial charge in [0.25, 0.3) is 0 Å². The lowest BCUT2D eigenvalue weighted by atomic mass is 10.1. The lowest BCUT2D eigenvalue weighted by Crippen LogP contribution is -2.17. The number of ether oxygens (including phenoxy) is 1. The van der Waals surface area contributed by atoms with Crippen molar-refractivity contribution in [3.63, 3.8) is 0 Å². The van der Waals surface area contributed by atoms with Gasteiger partial charge < -0.3 is 34.6 Å². The molecule has 3 aromatic rings. The highest BCUT2D eigenvalue weighted by Gasteiger charge is 2.42. The molecule has 4 rings (SSSR count). The van der Waals surface area contributed by atoms with Crippen molar-refractivity contribution in [3.05, 3.63) is 18.7 Å². The first kappa shape index (κ1) is 27.0. The van der Waals surface area contributed by atoms with Crippen LogP contribution in [0.25, 0.3) is 22.3 Å². The third-order valence-corrected chi connectivity index (χ3v) is 8.89. The van der Waals surface area contributed by atoms with Crippen molar-refractivity contribution in [2.75, 3.05) is 12.3 Å². The van der Waals surface area contributed by atoms with E-state index in [4.69, 9.17) is 24.8 Å². The summed E-state index contributed by atoms with van der Waals surface area (Å²) in [4.78, 5) is 44.5. The van der Waals surface area contributed by atoms with Crippen molar-refractivity contribution in [2.45, 2.75) is 25.7 Å². The topological polar surface area (TPSA) is 256 Å². The zero-order chi connectivity index (χ0) is 26.5. The van der Waals surface area contributed by atoms with Gasteiger partial charge in [-0.05, 0) is 6.42 Å². The van der Waals surface area contributed by atoms with E-state index in [9.17, 15) is 23.5 Å². The number of phosphoric acid groups is 3. The van der Waals surface area contributed by atoms with Crippen LogP contribution in [0.15, 0.2) is 18.7 Å². The summed E-state index contributed by atoms with van der Waals surface area (Å²) in [6.07, 6.45) is 3.65. The number of rotatable bonds is 9. The summed E-state index contributed by atoms with van der Waals surface area (Å²) in [7, 11) is -14.7. The van der Waals surface area contributed by atoms with Gasteiger partial charge >= 0.3 is 23.5 Å². The number of phosphoric ester groups is 1. The minimum atomic E-state index is -5.61. The molecule has 1 saturated heterocycles. The Bertz CT molecular complexity index is 1420. The van der Waals surface area contributed by atoms with E-state index in [2.05, 4.69) is 28.9 Å². The van der Waals surface area contributed by atoms with E-state index in [0.717, 1.165) is 0 Å². The summed E-state index contributed by atoms with van der Waals surface area (Å²) in [5.74, 6) is 0.0512. The third kappa shape index (κ3) is 6.07. The quantitative estimate of drug-likeness (QED) is 0.226. The van der Waals surface area contributed by atoms with Crippen LogP contribution in [0.1, 0.15) is 19.6 Å². The molecule has 1 aliphatic rings. The van der Waals surface area contributed by atoms with Crippen molar-refractivity contribution < 1.29 is 51.2 Å². The molecule has 4 heterocycles. The fraction of sp³-hybridized carbons (Fsp3) is 0.467. The van der Waals surface area contributed by atoms with Crippen LogP contribution in [-0.2, 0) is 38.6 Å². The van der Waals surface area contributed by atoms with E-state index in [1.54, 1.807) is 24.0 Å². The summed E-state index contributed by atoms with van der Waals surface area (Å²) >= 11 is 0. The highest BCUT2D eigenvalue weighted by molar-refractivity contribution is 7.66. The number of aromatic nitrogens is 6. The molecule has 198 valence electrons. The van der Waals surface area contributed by atoms with Crippen LogP contribution in [0.3, 0.4) is 0 Å². The molecule has 0 radical (unpaired) electrons. The van der Waals surface area contributed by atoms with Crippen molar-refractivity contribution in [2.24, 2.45) is 13.0 Å². The van der Waals surface area contributed by atoms with Gasteiger partial charge in [0, 0.05) is 24.7 Å². The molecule has 36 heavy (non-hydrogen) atoms. The van der Waals surface area contributed by atoms with Gasteiger partial charge in [-0.15, -0.1) is 5.10 Å². The minimum Gasteiger partial charge on any atom is -0.383 e. The van der Waals surface area contributed by atoms with Crippen molar-refractivity contribution in [1.29, 1.82) is 0 Å². The predicted molar refractivity (Wildman–Crippen MR) is 119 cm³/mol. The van der Waals surface area contributed by atoms with E-state index in [0.29, 0.717) is 28.7 Å². The van der Waals surface area contributed by atoms with Crippen LogP contribution in [-0.4, -0.2) is 61.8 Å². The van der Waals surface area contributed by atoms with Crippen molar-refractivity contribution >= 4 is 40.3 Å². The zero-order valence-electron chi connectivity index (χ0n) is 18.6. The third-order valence-electron chi connectivity index (χ3n) is 5.08. The van der Waals surface area contributed by atoms with Crippen LogP contribution >= 0.6 is 23.5 Å². The Hall–Kier alpha value is -2.07. The molecule has 1 aliphatic heterocycles. The molecule has 0 aliphatic carbocycles. The monoisotopic (exact) mass is 569 g/mol. The molecule has 18 nitrogen and oxygen atoms in total. The van der Waals surface area contributed by atoms with Crippen LogP contribution in [0.5, 0.6) is 0 Å². The Morgan fingerprint density at radius 3 is 2.50 bits per heavy atom. The smallest absolute Gasteiger partial charge is 0.383 e. The molecule has 6 N–H and O–H groups in total. The first-order valence-electron chi connectivity index (χ1n) is 10.1. The summed E-state index contributed by atoms with van der Waals surface area (Å²) in [5, 5.41) is 8.58. The number of nitrogen functional groups attached to an aromatic ring is 1. The molecular formula is C15H22N7O11P3. The standard InChI is InChI=1S/C15H22N7O11P3/c1-8-3-9(6-30-35(26,27)33-36(28,29)32-34(23,24)25)31-15(8)22-4-10(11-5-21(2)20-19-11)12-13(16)17-7-18-14(12)22/h4-5,7-9,15H,3,6H2,1-2H3,(H,26,27)(H,28,29)(H2,16,17,18)(H2,23,24,25). The molecule has 3 aromatic heterocycles. The van der Waals surface area contributed by atoms with Crippen LogP contribution < -0.4 is 5.73 Å². The Morgan fingerprint density at radius 1 is 1.14 bits per heavy atom. The van der Waals surface area contributed by atoms with Crippen molar-refractivity contribution in [1.82, 2.24) is 29.5 Å². The fourth-order valence-electron chi connectivity index (χ4n) is 3.81. The van der Waals surface area contributed by atoms with Crippen LogP contribution in [0, 0.1) is 5.92 Å². The maximum Gasteiger partial charge on any atom is 0.490 e. The van der Waals surface area contributed by atoms with Gasteiger partial charge in [-0.2, -0.15) is 8.62 Å². The minimum absolute atomic E-state index is 0.166. The Kier molecular flexibility index (Phi) is 7.24. The van der Waals surface area contributed by atoms with Crippen molar-refractivity contribution in [3.8, 4) is 11.3 Å². The molecule has 0 saturated carbocycles. The molecule has 0 aromatic carbocycles. The maximum absolute atomic E-state index is 12.0. The Balaban J connectivity index is 1.51. The number of aryl methyl sites for hydroxylation is 1. The van der Waals surface area contributed by atoms with E-state index in [1.165, 1.54) is 11.0 Å². The maximum atomic E-state index is 12.0. The van der Waals surface area contributed by atoms with Gasteiger partial charge in [0.05, 0.1) is 24.3 Å². The second-order valence-electron chi connectivity index (χ2n) is 7.93. The largest absolute Gasteiger partial charge is 0.490 e. The Morgan fingerprint density at radius 2 is 1.86 bits per heavy atom. The molecule has 0 spiro atoms. The van der Waals surface area contributed by atoms with Gasteiger partial charge in [0.1, 0.15) is 29.7 Å². The first-order chi connectivity index (χ1) is 16.6. The van der Waals surface area contributed by atoms with Gasteiger partial charge in [0.15, 0.2) is 0 Å². The summed E-state index contributed by atoms with van der Waals surface area (Å²) in [6.45, 7) is 1.30. The van der Waals surface area contributed by atoms with E-state index in [1.807, 2.05) is 6.92 Å². The Labute approximate surface area is 202 Å². The lowest BCUT2D eigenvalue weighted by Gasteiger charge is -2.19. The molecule has 0 bridgehead atoms. The normalized spacial score (nSPS) is 24.1. The van der Waals surface area contributed by atoms with E-state index >= 15 is 0 Å². The van der Waals surface area contributed by atoms with Gasteiger partial charge in [-0.25, -0.2) is 23.7 Å². The average Bonchev–Trinajstić information content (AvgIpc) is 3.40.